The van der Waals surface area contributed by atoms with Crippen molar-refractivity contribution in [3.63, 3.8) is 0 Å². The van der Waals surface area contributed by atoms with Crippen LogP contribution < -0.4 is 0 Å². The van der Waals surface area contributed by atoms with Crippen LogP contribution in [-0.4, -0.2) is 39.5 Å². The van der Waals surface area contributed by atoms with E-state index in [2.05, 4.69) is 16.5 Å². The number of hydrogen-bond donors (Lipinski definition) is 0. The van der Waals surface area contributed by atoms with E-state index in [9.17, 15) is 9.18 Å². The minimum absolute atomic E-state index is 0.106. The highest BCUT2D eigenvalue weighted by atomic mass is 19.1. The molecule has 1 aromatic rings. The zero-order valence-corrected chi connectivity index (χ0v) is 8.77. The van der Waals surface area contributed by atoms with Gasteiger partial charge in [-0.3, -0.25) is 14.8 Å². The molecule has 0 N–H and O–H groups in total. The van der Waals surface area contributed by atoms with Gasteiger partial charge < -0.3 is 4.90 Å². The van der Waals surface area contributed by atoms with E-state index in [1.165, 1.54) is 17.2 Å². The second-order valence-corrected chi connectivity index (χ2v) is 3.92. The second kappa shape index (κ2) is 4.00. The number of carbonyl (C=O) groups is 1. The lowest BCUT2D eigenvalue weighted by molar-refractivity contribution is -0.139. The molecule has 0 aliphatic carbocycles. The highest BCUT2D eigenvalue weighted by Crippen LogP contribution is 2.28. The molecule has 1 amide bonds. The Morgan fingerprint density at radius 1 is 1.62 bits per heavy atom. The number of carbonyl (C=O) groups excluding carboxylic acids is 1. The highest BCUT2D eigenvalue weighted by molar-refractivity contribution is 5.87. The molecule has 84 valence electrons. The summed E-state index contributed by atoms with van der Waals surface area (Å²) in [7, 11) is 0. The number of nitrogens with zero attached hydrogens (tertiary/aromatic N) is 3. The largest absolute Gasteiger partial charge is 0.333 e. The summed E-state index contributed by atoms with van der Waals surface area (Å²) >= 11 is 0. The molecular weight excluding hydrogens is 209 g/mol. The fourth-order valence-corrected chi connectivity index (χ4v) is 1.78. The molecule has 1 fully saturated rings. The highest BCUT2D eigenvalue weighted by Gasteiger charge is 2.45. The lowest BCUT2D eigenvalue weighted by Gasteiger charge is -2.43. The molecule has 0 atom stereocenters. The maximum absolute atomic E-state index is 14.0. The number of aromatic nitrogens is 2. The summed E-state index contributed by atoms with van der Waals surface area (Å²) in [5, 5.41) is 0. The monoisotopic (exact) mass is 221 g/mol. The van der Waals surface area contributed by atoms with Crippen molar-refractivity contribution in [2.45, 2.75) is 12.1 Å². The number of hydrogen-bond acceptors (Lipinski definition) is 3. The van der Waals surface area contributed by atoms with Crippen LogP contribution >= 0.6 is 0 Å². The van der Waals surface area contributed by atoms with Crippen LogP contribution in [-0.2, 0) is 11.2 Å². The van der Waals surface area contributed by atoms with Gasteiger partial charge in [0.2, 0.25) is 5.91 Å². The van der Waals surface area contributed by atoms with Gasteiger partial charge in [-0.15, -0.1) is 0 Å². The van der Waals surface area contributed by atoms with Crippen molar-refractivity contribution in [1.82, 2.24) is 14.9 Å². The SMILES string of the molecule is C=CC(=O)N1CC(F)(Cc2cnccn2)C1. The number of alkyl halides is 1. The average molecular weight is 221 g/mol. The first kappa shape index (κ1) is 10.7. The van der Waals surface area contributed by atoms with Gasteiger partial charge in [-0.05, 0) is 6.08 Å². The summed E-state index contributed by atoms with van der Waals surface area (Å²) < 4.78 is 14.0. The lowest BCUT2D eigenvalue weighted by Crippen LogP contribution is -2.61. The summed E-state index contributed by atoms with van der Waals surface area (Å²) in [5.74, 6) is -0.229. The van der Waals surface area contributed by atoms with Crippen LogP contribution in [0.25, 0.3) is 0 Å². The van der Waals surface area contributed by atoms with E-state index >= 15 is 0 Å². The van der Waals surface area contributed by atoms with Crippen LogP contribution in [0.3, 0.4) is 0 Å². The van der Waals surface area contributed by atoms with E-state index in [4.69, 9.17) is 0 Å². The predicted octanol–water partition coefficient (Wildman–Crippen LogP) is 0.756. The fourth-order valence-electron chi connectivity index (χ4n) is 1.78. The molecule has 4 nitrogen and oxygen atoms in total. The fraction of sp³-hybridized carbons (Fsp3) is 0.364. The zero-order valence-electron chi connectivity index (χ0n) is 8.77. The van der Waals surface area contributed by atoms with Crippen molar-refractivity contribution in [2.75, 3.05) is 13.1 Å². The van der Waals surface area contributed by atoms with Crippen LogP contribution in [0.15, 0.2) is 31.2 Å². The Morgan fingerprint density at radius 3 is 2.94 bits per heavy atom. The van der Waals surface area contributed by atoms with Crippen molar-refractivity contribution in [2.24, 2.45) is 0 Å². The standard InChI is InChI=1S/C11H12FN3O/c1-2-10(16)15-7-11(12,8-15)5-9-6-13-3-4-14-9/h2-4,6H,1,5,7-8H2. The zero-order chi connectivity index (χ0) is 11.6. The third kappa shape index (κ3) is 2.08. The van der Waals surface area contributed by atoms with Gasteiger partial charge in [0.1, 0.15) is 0 Å². The predicted molar refractivity (Wildman–Crippen MR) is 56.4 cm³/mol. The molecule has 2 rings (SSSR count). The number of likely N-dealkylation sites (tertiary alicyclic amines) is 1. The summed E-state index contributed by atoms with van der Waals surface area (Å²) in [6, 6.07) is 0. The molecule has 1 aliphatic rings. The molecule has 2 heterocycles. The van der Waals surface area contributed by atoms with Crippen molar-refractivity contribution < 1.29 is 9.18 Å². The molecule has 16 heavy (non-hydrogen) atoms. The van der Waals surface area contributed by atoms with E-state index in [1.807, 2.05) is 0 Å². The van der Waals surface area contributed by atoms with Crippen molar-refractivity contribution >= 4 is 5.91 Å². The molecule has 0 saturated carbocycles. The maximum atomic E-state index is 14.0. The van der Waals surface area contributed by atoms with Gasteiger partial charge in [-0.1, -0.05) is 6.58 Å². The van der Waals surface area contributed by atoms with E-state index in [-0.39, 0.29) is 25.4 Å². The normalized spacial score (nSPS) is 17.7. The maximum Gasteiger partial charge on any atom is 0.246 e. The molecule has 0 bridgehead atoms. The van der Waals surface area contributed by atoms with Gasteiger partial charge >= 0.3 is 0 Å². The number of rotatable bonds is 3. The van der Waals surface area contributed by atoms with Gasteiger partial charge in [0.15, 0.2) is 5.67 Å². The molecule has 1 aromatic heterocycles. The van der Waals surface area contributed by atoms with Crippen LogP contribution in [0.5, 0.6) is 0 Å². The van der Waals surface area contributed by atoms with Gasteiger partial charge in [0.05, 0.1) is 18.8 Å². The Labute approximate surface area is 92.8 Å². The Bertz CT molecular complexity index is 401. The second-order valence-electron chi connectivity index (χ2n) is 3.92. The van der Waals surface area contributed by atoms with E-state index < -0.39 is 5.67 Å². The molecular formula is C11H12FN3O. The Hall–Kier alpha value is -1.78. The topological polar surface area (TPSA) is 46.1 Å². The van der Waals surface area contributed by atoms with Crippen LogP contribution in [0, 0.1) is 0 Å². The van der Waals surface area contributed by atoms with Crippen molar-refractivity contribution in [3.8, 4) is 0 Å². The lowest BCUT2D eigenvalue weighted by atomic mass is 9.91. The van der Waals surface area contributed by atoms with E-state index in [1.54, 1.807) is 12.4 Å². The first-order valence-electron chi connectivity index (χ1n) is 4.98. The Kier molecular flexibility index (Phi) is 2.68. The summed E-state index contributed by atoms with van der Waals surface area (Å²) in [6.45, 7) is 3.57. The van der Waals surface area contributed by atoms with Crippen LogP contribution in [0.2, 0.25) is 0 Å². The molecule has 5 heteroatoms. The van der Waals surface area contributed by atoms with E-state index in [0.29, 0.717) is 5.69 Å². The quantitative estimate of drug-likeness (QED) is 0.708. The van der Waals surface area contributed by atoms with Crippen molar-refractivity contribution in [1.29, 1.82) is 0 Å². The Balaban J connectivity index is 1.93. The Morgan fingerprint density at radius 2 is 2.38 bits per heavy atom. The summed E-state index contributed by atoms with van der Waals surface area (Å²) in [4.78, 5) is 20.4. The van der Waals surface area contributed by atoms with Crippen LogP contribution in [0.1, 0.15) is 5.69 Å². The van der Waals surface area contributed by atoms with Gasteiger partial charge in [-0.2, -0.15) is 0 Å². The minimum atomic E-state index is -1.37. The average Bonchev–Trinajstić information content (AvgIpc) is 2.26. The third-order valence-corrected chi connectivity index (χ3v) is 2.55. The minimum Gasteiger partial charge on any atom is -0.333 e. The molecule has 0 spiro atoms. The number of halogens is 1. The first-order chi connectivity index (χ1) is 7.63. The van der Waals surface area contributed by atoms with Gasteiger partial charge in [-0.25, -0.2) is 4.39 Å². The molecule has 1 aliphatic heterocycles. The molecule has 0 aromatic carbocycles. The molecule has 0 unspecified atom stereocenters. The number of amides is 1. The van der Waals surface area contributed by atoms with Gasteiger partial charge in [0.25, 0.3) is 0 Å². The van der Waals surface area contributed by atoms with Gasteiger partial charge in [0, 0.05) is 25.0 Å². The third-order valence-electron chi connectivity index (χ3n) is 2.55. The van der Waals surface area contributed by atoms with E-state index in [0.717, 1.165) is 0 Å². The van der Waals surface area contributed by atoms with Crippen LogP contribution in [0.4, 0.5) is 4.39 Å². The smallest absolute Gasteiger partial charge is 0.246 e. The molecule has 1 saturated heterocycles. The van der Waals surface area contributed by atoms with Crippen molar-refractivity contribution in [3.05, 3.63) is 36.9 Å². The first-order valence-corrected chi connectivity index (χ1v) is 4.98. The summed E-state index contributed by atoms with van der Waals surface area (Å²) in [6.07, 6.45) is 6.01. The summed E-state index contributed by atoms with van der Waals surface area (Å²) in [5.41, 5.74) is -0.759. The molecule has 0 radical (unpaired) electrons.